The molecule has 0 bridgehead atoms. The van der Waals surface area contributed by atoms with Crippen LogP contribution in [0.1, 0.15) is 0 Å². The van der Waals surface area contributed by atoms with Crippen LogP contribution >= 0.6 is 0 Å². The molecule has 4 nitrogen and oxygen atoms in total. The number of hydrogen-bond donors (Lipinski definition) is 1. The molecule has 0 aliphatic heterocycles. The van der Waals surface area contributed by atoms with Crippen LogP contribution in [0.2, 0.25) is 0 Å². The first-order chi connectivity index (χ1) is 11.3. The van der Waals surface area contributed by atoms with Gasteiger partial charge in [0.2, 0.25) is 5.95 Å². The average molecular weight is 304 g/mol. The zero-order valence-corrected chi connectivity index (χ0v) is 12.1. The molecule has 4 rings (SSSR count). The van der Waals surface area contributed by atoms with Gasteiger partial charge >= 0.3 is 0 Å². The lowest BCUT2D eigenvalue weighted by atomic mass is 10.2. The second-order valence-electron chi connectivity index (χ2n) is 5.12. The molecule has 2 aromatic carbocycles. The van der Waals surface area contributed by atoms with Crippen molar-refractivity contribution in [1.29, 1.82) is 0 Å². The second-order valence-corrected chi connectivity index (χ2v) is 5.12. The standard InChI is InChI=1S/C18H13FN4/c19-14-7-6-13-9-11-23(16(13)12-14)17-8-10-20-18(22-17)21-15-4-2-1-3-5-15/h1-12H,(H,20,21,22). The predicted molar refractivity (Wildman–Crippen MR) is 88.5 cm³/mol. The molecule has 0 radical (unpaired) electrons. The Morgan fingerprint density at radius 2 is 1.83 bits per heavy atom. The Balaban J connectivity index is 1.74. The van der Waals surface area contributed by atoms with Gasteiger partial charge in [0.25, 0.3) is 0 Å². The fraction of sp³-hybridized carbons (Fsp3) is 0. The van der Waals surface area contributed by atoms with Crippen LogP contribution in [0, 0.1) is 5.82 Å². The minimum Gasteiger partial charge on any atom is -0.324 e. The number of nitrogens with zero attached hydrogens (tertiary/aromatic N) is 3. The number of benzene rings is 2. The van der Waals surface area contributed by atoms with Gasteiger partial charge in [-0.1, -0.05) is 18.2 Å². The Kier molecular flexibility index (Phi) is 3.24. The van der Waals surface area contributed by atoms with E-state index in [1.54, 1.807) is 18.3 Å². The van der Waals surface area contributed by atoms with Crippen molar-refractivity contribution in [2.45, 2.75) is 0 Å². The number of rotatable bonds is 3. The van der Waals surface area contributed by atoms with Crippen molar-refractivity contribution in [2.75, 3.05) is 5.32 Å². The van der Waals surface area contributed by atoms with E-state index in [0.717, 1.165) is 16.6 Å². The summed E-state index contributed by atoms with van der Waals surface area (Å²) in [5.74, 6) is 0.903. The van der Waals surface area contributed by atoms with Crippen LogP contribution in [0.25, 0.3) is 16.7 Å². The van der Waals surface area contributed by atoms with E-state index < -0.39 is 0 Å². The van der Waals surface area contributed by atoms with Crippen molar-refractivity contribution >= 4 is 22.5 Å². The summed E-state index contributed by atoms with van der Waals surface area (Å²) < 4.78 is 15.4. The molecule has 2 heterocycles. The zero-order valence-electron chi connectivity index (χ0n) is 12.1. The van der Waals surface area contributed by atoms with Gasteiger partial charge in [-0.2, -0.15) is 4.98 Å². The minimum atomic E-state index is -0.269. The molecule has 0 amide bonds. The van der Waals surface area contributed by atoms with Gasteiger partial charge in [-0.25, -0.2) is 9.37 Å². The van der Waals surface area contributed by atoms with Crippen molar-refractivity contribution in [3.63, 3.8) is 0 Å². The number of nitrogens with one attached hydrogen (secondary N) is 1. The van der Waals surface area contributed by atoms with E-state index in [2.05, 4.69) is 15.3 Å². The van der Waals surface area contributed by atoms with Gasteiger partial charge in [0.1, 0.15) is 11.6 Å². The normalized spacial score (nSPS) is 10.8. The molecule has 1 N–H and O–H groups in total. The van der Waals surface area contributed by atoms with Crippen LogP contribution in [0.4, 0.5) is 16.0 Å². The smallest absolute Gasteiger partial charge is 0.229 e. The minimum absolute atomic E-state index is 0.269. The monoisotopic (exact) mass is 304 g/mol. The summed E-state index contributed by atoms with van der Waals surface area (Å²) in [6, 6.07) is 18.1. The second kappa shape index (κ2) is 5.53. The number of anilines is 2. The maximum atomic E-state index is 13.5. The van der Waals surface area contributed by atoms with Crippen molar-refractivity contribution in [3.05, 3.63) is 78.9 Å². The highest BCUT2D eigenvalue weighted by Gasteiger charge is 2.07. The zero-order chi connectivity index (χ0) is 15.6. The molecule has 0 fully saturated rings. The molecule has 0 aliphatic carbocycles. The first-order valence-corrected chi connectivity index (χ1v) is 7.22. The number of para-hydroxylation sites is 1. The molecule has 0 saturated carbocycles. The van der Waals surface area contributed by atoms with E-state index in [9.17, 15) is 4.39 Å². The average Bonchev–Trinajstić information content (AvgIpc) is 2.99. The summed E-state index contributed by atoms with van der Waals surface area (Å²) in [5.41, 5.74) is 1.68. The SMILES string of the molecule is Fc1ccc2ccn(-c3ccnc(Nc4ccccc4)n3)c2c1. The summed E-state index contributed by atoms with van der Waals surface area (Å²) in [4.78, 5) is 8.74. The molecule has 4 aromatic rings. The lowest BCUT2D eigenvalue weighted by Crippen LogP contribution is -2.02. The molecular weight excluding hydrogens is 291 g/mol. The fourth-order valence-electron chi connectivity index (χ4n) is 2.50. The van der Waals surface area contributed by atoms with E-state index in [4.69, 9.17) is 0 Å². The largest absolute Gasteiger partial charge is 0.324 e. The Hall–Kier alpha value is -3.21. The van der Waals surface area contributed by atoms with Crippen LogP contribution in [-0.4, -0.2) is 14.5 Å². The first kappa shape index (κ1) is 13.5. The molecule has 0 saturated heterocycles. The van der Waals surface area contributed by atoms with Crippen LogP contribution in [0.15, 0.2) is 73.1 Å². The van der Waals surface area contributed by atoms with E-state index in [1.165, 1.54) is 12.1 Å². The lowest BCUT2D eigenvalue weighted by molar-refractivity contribution is 0.629. The number of fused-ring (bicyclic) bond motifs is 1. The summed E-state index contributed by atoms with van der Waals surface area (Å²) in [6.07, 6.45) is 3.55. The third kappa shape index (κ3) is 2.64. The third-order valence-electron chi connectivity index (χ3n) is 3.57. The van der Waals surface area contributed by atoms with Gasteiger partial charge < -0.3 is 9.88 Å². The first-order valence-electron chi connectivity index (χ1n) is 7.22. The van der Waals surface area contributed by atoms with Gasteiger partial charge in [-0.05, 0) is 42.5 Å². The topological polar surface area (TPSA) is 42.7 Å². The Labute approximate surface area is 132 Å². The quantitative estimate of drug-likeness (QED) is 0.613. The van der Waals surface area contributed by atoms with Crippen LogP contribution in [0.5, 0.6) is 0 Å². The maximum Gasteiger partial charge on any atom is 0.229 e. The highest BCUT2D eigenvalue weighted by Crippen LogP contribution is 2.21. The van der Waals surface area contributed by atoms with E-state index in [1.807, 2.05) is 47.2 Å². The van der Waals surface area contributed by atoms with Crippen molar-refractivity contribution in [1.82, 2.24) is 14.5 Å². The molecule has 0 spiro atoms. The highest BCUT2D eigenvalue weighted by atomic mass is 19.1. The molecule has 0 atom stereocenters. The lowest BCUT2D eigenvalue weighted by Gasteiger charge is -2.08. The Morgan fingerprint density at radius 1 is 0.957 bits per heavy atom. The summed E-state index contributed by atoms with van der Waals surface area (Å²) in [7, 11) is 0. The molecule has 0 unspecified atom stereocenters. The third-order valence-corrected chi connectivity index (χ3v) is 3.57. The summed E-state index contributed by atoms with van der Waals surface area (Å²) in [6.45, 7) is 0. The number of halogens is 1. The molecule has 112 valence electrons. The molecule has 5 heteroatoms. The van der Waals surface area contributed by atoms with Gasteiger partial charge in [0.15, 0.2) is 0 Å². The van der Waals surface area contributed by atoms with E-state index in [0.29, 0.717) is 11.8 Å². The van der Waals surface area contributed by atoms with E-state index in [-0.39, 0.29) is 5.82 Å². The fourth-order valence-corrected chi connectivity index (χ4v) is 2.50. The van der Waals surface area contributed by atoms with Gasteiger partial charge in [0, 0.05) is 23.5 Å². The van der Waals surface area contributed by atoms with Crippen molar-refractivity contribution in [3.8, 4) is 5.82 Å². The maximum absolute atomic E-state index is 13.5. The van der Waals surface area contributed by atoms with Crippen LogP contribution < -0.4 is 5.32 Å². The van der Waals surface area contributed by atoms with Crippen LogP contribution in [0.3, 0.4) is 0 Å². The summed E-state index contributed by atoms with van der Waals surface area (Å²) in [5, 5.41) is 4.12. The van der Waals surface area contributed by atoms with Crippen molar-refractivity contribution < 1.29 is 4.39 Å². The predicted octanol–water partition coefficient (Wildman–Crippen LogP) is 4.30. The molecular formula is C18H13FN4. The number of hydrogen-bond acceptors (Lipinski definition) is 3. The van der Waals surface area contributed by atoms with Gasteiger partial charge in [-0.3, -0.25) is 0 Å². The van der Waals surface area contributed by atoms with Crippen LogP contribution in [-0.2, 0) is 0 Å². The Morgan fingerprint density at radius 3 is 2.70 bits per heavy atom. The van der Waals surface area contributed by atoms with Gasteiger partial charge in [0.05, 0.1) is 5.52 Å². The Bertz CT molecular complexity index is 963. The number of aromatic nitrogens is 3. The molecule has 0 aliphatic rings. The highest BCUT2D eigenvalue weighted by molar-refractivity contribution is 5.81. The van der Waals surface area contributed by atoms with Crippen molar-refractivity contribution in [2.24, 2.45) is 0 Å². The van der Waals surface area contributed by atoms with E-state index >= 15 is 0 Å². The molecule has 23 heavy (non-hydrogen) atoms. The van der Waals surface area contributed by atoms with Gasteiger partial charge in [-0.15, -0.1) is 0 Å². The summed E-state index contributed by atoms with van der Waals surface area (Å²) >= 11 is 0. The molecule has 2 aromatic heterocycles.